The number of rotatable bonds is 3. The third-order valence-corrected chi connectivity index (χ3v) is 2.69. The average molecular weight is 248 g/mol. The summed E-state index contributed by atoms with van der Waals surface area (Å²) in [5.74, 6) is -0.138. The lowest BCUT2D eigenvalue weighted by atomic mass is 10.2. The summed E-state index contributed by atoms with van der Waals surface area (Å²) in [6, 6.07) is 4.43. The fourth-order valence-corrected chi connectivity index (χ4v) is 1.66. The van der Waals surface area contributed by atoms with E-state index < -0.39 is 5.95 Å². The van der Waals surface area contributed by atoms with Crippen molar-refractivity contribution in [2.75, 3.05) is 7.05 Å². The molecule has 1 amide bonds. The Morgan fingerprint density at radius 1 is 1.50 bits per heavy atom. The fraction of sp³-hybridized carbons (Fsp3) is 0.231. The monoisotopic (exact) mass is 248 g/mol. The molecule has 0 saturated carbocycles. The highest BCUT2D eigenvalue weighted by Gasteiger charge is 2.14. The summed E-state index contributed by atoms with van der Waals surface area (Å²) in [4.78, 5) is 17.0. The van der Waals surface area contributed by atoms with E-state index in [9.17, 15) is 9.18 Å². The Morgan fingerprint density at radius 3 is 2.89 bits per heavy atom. The Balaban J connectivity index is 2.12. The Hall–Kier alpha value is -2.17. The van der Waals surface area contributed by atoms with Gasteiger partial charge in [0.05, 0.1) is 6.26 Å². The third kappa shape index (κ3) is 2.56. The molecule has 0 spiro atoms. The number of carbonyl (C=O) groups is 1. The fourth-order valence-electron chi connectivity index (χ4n) is 1.66. The van der Waals surface area contributed by atoms with Crippen LogP contribution >= 0.6 is 0 Å². The average Bonchev–Trinajstić information content (AvgIpc) is 2.74. The second kappa shape index (κ2) is 5.00. The molecule has 2 heterocycles. The molecule has 0 saturated heterocycles. The maximum atomic E-state index is 12.9. The van der Waals surface area contributed by atoms with Crippen LogP contribution in [0.3, 0.4) is 0 Å². The van der Waals surface area contributed by atoms with Crippen molar-refractivity contribution in [1.82, 2.24) is 9.88 Å². The van der Waals surface area contributed by atoms with Crippen LogP contribution in [-0.4, -0.2) is 22.8 Å². The van der Waals surface area contributed by atoms with Crippen molar-refractivity contribution in [2.45, 2.75) is 13.5 Å². The van der Waals surface area contributed by atoms with Crippen molar-refractivity contribution in [3.05, 3.63) is 53.5 Å². The number of furan rings is 1. The predicted octanol–water partition coefficient (Wildman–Crippen LogP) is 2.39. The van der Waals surface area contributed by atoms with Crippen molar-refractivity contribution in [3.8, 4) is 0 Å². The van der Waals surface area contributed by atoms with Crippen LogP contribution in [0.5, 0.6) is 0 Å². The van der Waals surface area contributed by atoms with Crippen LogP contribution in [0.4, 0.5) is 4.39 Å². The summed E-state index contributed by atoms with van der Waals surface area (Å²) in [7, 11) is 1.66. The van der Waals surface area contributed by atoms with Crippen LogP contribution in [0, 0.1) is 12.9 Å². The third-order valence-electron chi connectivity index (χ3n) is 2.69. The molecule has 0 atom stereocenters. The van der Waals surface area contributed by atoms with Gasteiger partial charge in [-0.25, -0.2) is 4.98 Å². The molecule has 0 aliphatic heterocycles. The maximum absolute atomic E-state index is 12.9. The first kappa shape index (κ1) is 12.3. The molecule has 0 unspecified atom stereocenters. The number of hydrogen-bond donors (Lipinski definition) is 0. The number of aromatic nitrogens is 1. The van der Waals surface area contributed by atoms with Crippen molar-refractivity contribution in [1.29, 1.82) is 0 Å². The Kier molecular flexibility index (Phi) is 3.41. The summed E-state index contributed by atoms with van der Waals surface area (Å²) < 4.78 is 18.1. The molecule has 0 aliphatic rings. The second-order valence-electron chi connectivity index (χ2n) is 4.03. The smallest absolute Gasteiger partial charge is 0.254 e. The summed E-state index contributed by atoms with van der Waals surface area (Å²) >= 11 is 0. The molecule has 2 aromatic rings. The van der Waals surface area contributed by atoms with Gasteiger partial charge in [0.2, 0.25) is 5.95 Å². The van der Waals surface area contributed by atoms with E-state index in [4.69, 9.17) is 4.42 Å². The minimum Gasteiger partial charge on any atom is -0.469 e. The van der Waals surface area contributed by atoms with E-state index in [1.54, 1.807) is 13.3 Å². The van der Waals surface area contributed by atoms with E-state index in [1.807, 2.05) is 13.0 Å². The number of amides is 1. The van der Waals surface area contributed by atoms with Gasteiger partial charge in [-0.3, -0.25) is 4.79 Å². The van der Waals surface area contributed by atoms with Gasteiger partial charge >= 0.3 is 0 Å². The predicted molar refractivity (Wildman–Crippen MR) is 63.4 cm³/mol. The molecule has 18 heavy (non-hydrogen) atoms. The first-order valence-corrected chi connectivity index (χ1v) is 5.48. The van der Waals surface area contributed by atoms with E-state index in [1.165, 1.54) is 17.2 Å². The van der Waals surface area contributed by atoms with E-state index >= 15 is 0 Å². The quantitative estimate of drug-likeness (QED) is 0.783. The van der Waals surface area contributed by atoms with E-state index in [0.29, 0.717) is 6.54 Å². The van der Waals surface area contributed by atoms with Gasteiger partial charge in [-0.05, 0) is 19.1 Å². The maximum Gasteiger partial charge on any atom is 0.254 e. The molecule has 0 bridgehead atoms. The number of pyridine rings is 1. The number of carbonyl (C=O) groups excluding carboxylic acids is 1. The van der Waals surface area contributed by atoms with Gasteiger partial charge < -0.3 is 9.32 Å². The summed E-state index contributed by atoms with van der Waals surface area (Å²) in [5.41, 5.74) is 1.21. The molecule has 94 valence electrons. The van der Waals surface area contributed by atoms with Crippen molar-refractivity contribution < 1.29 is 13.6 Å². The first-order valence-electron chi connectivity index (χ1n) is 5.48. The van der Waals surface area contributed by atoms with Gasteiger partial charge in [-0.15, -0.1) is 0 Å². The molecule has 0 radical (unpaired) electrons. The van der Waals surface area contributed by atoms with E-state index in [-0.39, 0.29) is 11.5 Å². The molecule has 4 nitrogen and oxygen atoms in total. The van der Waals surface area contributed by atoms with Crippen molar-refractivity contribution in [3.63, 3.8) is 0 Å². The summed E-state index contributed by atoms with van der Waals surface area (Å²) in [5, 5.41) is 0. The second-order valence-corrected chi connectivity index (χ2v) is 4.03. The van der Waals surface area contributed by atoms with Crippen molar-refractivity contribution in [2.24, 2.45) is 0 Å². The number of aryl methyl sites for hydroxylation is 1. The zero-order valence-electron chi connectivity index (χ0n) is 10.2. The van der Waals surface area contributed by atoms with Gasteiger partial charge in [0, 0.05) is 37.0 Å². The largest absolute Gasteiger partial charge is 0.469 e. The Morgan fingerprint density at radius 2 is 2.28 bits per heavy atom. The molecule has 0 aromatic carbocycles. The highest BCUT2D eigenvalue weighted by Crippen LogP contribution is 2.13. The van der Waals surface area contributed by atoms with Crippen molar-refractivity contribution >= 4 is 5.91 Å². The first-order chi connectivity index (χ1) is 8.58. The van der Waals surface area contributed by atoms with E-state index in [0.717, 1.165) is 17.4 Å². The Labute approximate surface area is 104 Å². The number of hydrogen-bond acceptors (Lipinski definition) is 3. The van der Waals surface area contributed by atoms with Gasteiger partial charge in [0.25, 0.3) is 5.91 Å². The standard InChI is InChI=1S/C13H13FN2O2/c1-9-11(4-6-18-9)8-16(2)13(17)10-3-5-15-12(14)7-10/h3-7H,8H2,1-2H3. The van der Waals surface area contributed by atoms with Crippen LogP contribution in [-0.2, 0) is 6.54 Å². The van der Waals surface area contributed by atoms with Crippen LogP contribution in [0.15, 0.2) is 35.1 Å². The zero-order valence-corrected chi connectivity index (χ0v) is 10.2. The lowest BCUT2D eigenvalue weighted by Gasteiger charge is -2.16. The van der Waals surface area contributed by atoms with Crippen LogP contribution in [0.1, 0.15) is 21.7 Å². The molecular weight excluding hydrogens is 235 g/mol. The molecule has 5 heteroatoms. The molecule has 2 aromatic heterocycles. The lowest BCUT2D eigenvalue weighted by Crippen LogP contribution is -2.26. The van der Waals surface area contributed by atoms with Crippen LogP contribution in [0.25, 0.3) is 0 Å². The van der Waals surface area contributed by atoms with Gasteiger partial charge in [0.1, 0.15) is 5.76 Å². The molecule has 0 N–H and O–H groups in total. The minimum absolute atomic E-state index is 0.253. The van der Waals surface area contributed by atoms with Gasteiger partial charge in [-0.2, -0.15) is 4.39 Å². The summed E-state index contributed by atoms with van der Waals surface area (Å²) in [6.45, 7) is 2.25. The van der Waals surface area contributed by atoms with Gasteiger partial charge in [-0.1, -0.05) is 0 Å². The SMILES string of the molecule is Cc1occc1CN(C)C(=O)c1ccnc(F)c1. The van der Waals surface area contributed by atoms with Crippen LogP contribution in [0.2, 0.25) is 0 Å². The highest BCUT2D eigenvalue weighted by molar-refractivity contribution is 5.93. The highest BCUT2D eigenvalue weighted by atomic mass is 19.1. The topological polar surface area (TPSA) is 46.3 Å². The lowest BCUT2D eigenvalue weighted by molar-refractivity contribution is 0.0784. The minimum atomic E-state index is -0.659. The molecular formula is C13H13FN2O2. The molecule has 2 rings (SSSR count). The number of halogens is 1. The Bertz CT molecular complexity index is 566. The van der Waals surface area contributed by atoms with Gasteiger partial charge in [0.15, 0.2) is 0 Å². The number of nitrogens with zero attached hydrogens (tertiary/aromatic N) is 2. The van der Waals surface area contributed by atoms with E-state index in [2.05, 4.69) is 4.98 Å². The summed E-state index contributed by atoms with van der Waals surface area (Å²) in [6.07, 6.45) is 2.86. The molecule has 0 aliphatic carbocycles. The van der Waals surface area contributed by atoms with Crippen LogP contribution < -0.4 is 0 Å². The molecule has 0 fully saturated rings. The zero-order chi connectivity index (χ0) is 13.1. The normalized spacial score (nSPS) is 10.4.